The Morgan fingerprint density at radius 1 is 0.508 bits per heavy atom. The van der Waals surface area contributed by atoms with Crippen molar-refractivity contribution in [2.24, 2.45) is 0 Å². The van der Waals surface area contributed by atoms with Crippen molar-refractivity contribution in [2.75, 3.05) is 13.2 Å². The summed E-state index contributed by atoms with van der Waals surface area (Å²) in [7, 11) is 0. The number of hydrogen-bond acceptors (Lipinski definition) is 9. The van der Waals surface area contributed by atoms with Crippen molar-refractivity contribution in [3.8, 4) is 0 Å². The second-order valence-corrected chi connectivity index (χ2v) is 18.1. The molecule has 0 radical (unpaired) electrons. The summed E-state index contributed by atoms with van der Waals surface area (Å²) in [5, 5.41) is 65.0. The number of hydrogen-bond donors (Lipinski definition) is 7. The zero-order valence-corrected chi connectivity index (χ0v) is 38.4. The number of rotatable bonds is 43. The van der Waals surface area contributed by atoms with Gasteiger partial charge in [-0.05, 0) is 12.8 Å². The normalized spacial score (nSPS) is 21.1. The smallest absolute Gasteiger partial charge is 0.249 e. The molecule has 1 rings (SSSR count). The molecule has 1 heterocycles. The summed E-state index contributed by atoms with van der Waals surface area (Å²) < 4.78 is 11.2. The van der Waals surface area contributed by atoms with E-state index in [-0.39, 0.29) is 6.61 Å². The van der Waals surface area contributed by atoms with E-state index in [1.165, 1.54) is 180 Å². The Hall–Kier alpha value is -0.850. The number of unbranched alkanes of at least 4 members (excludes halogenated alkanes) is 32. The summed E-state index contributed by atoms with van der Waals surface area (Å²) in [6, 6.07) is -0.888. The van der Waals surface area contributed by atoms with Crippen molar-refractivity contribution in [1.29, 1.82) is 0 Å². The van der Waals surface area contributed by atoms with Gasteiger partial charge in [0.05, 0.1) is 25.4 Å². The van der Waals surface area contributed by atoms with Gasteiger partial charge in [0, 0.05) is 0 Å². The van der Waals surface area contributed by atoms with E-state index in [1.54, 1.807) is 0 Å². The van der Waals surface area contributed by atoms with Crippen LogP contribution in [0.2, 0.25) is 0 Å². The van der Waals surface area contributed by atoms with Crippen LogP contribution in [0, 0.1) is 0 Å². The number of ether oxygens (including phenoxy) is 2. The molecule has 10 nitrogen and oxygen atoms in total. The van der Waals surface area contributed by atoms with Crippen LogP contribution in [0.3, 0.4) is 0 Å². The minimum absolute atomic E-state index is 0.250. The highest BCUT2D eigenvalue weighted by Gasteiger charge is 2.44. The number of aliphatic hydroxyl groups is 6. The lowest BCUT2D eigenvalue weighted by atomic mass is 9.99. The van der Waals surface area contributed by atoms with Gasteiger partial charge in [-0.2, -0.15) is 0 Å². The lowest BCUT2D eigenvalue weighted by Gasteiger charge is -2.40. The van der Waals surface area contributed by atoms with E-state index in [1.807, 2.05) is 0 Å². The first-order chi connectivity index (χ1) is 28.8. The Morgan fingerprint density at radius 3 is 1.20 bits per heavy atom. The summed E-state index contributed by atoms with van der Waals surface area (Å²) in [5.74, 6) is -0.578. The molecule has 59 heavy (non-hydrogen) atoms. The molecule has 0 aromatic carbocycles. The maximum atomic E-state index is 13.1. The molecule has 8 unspecified atom stereocenters. The number of nitrogens with one attached hydrogen (secondary N) is 1. The van der Waals surface area contributed by atoms with Crippen LogP contribution in [0.5, 0.6) is 0 Å². The van der Waals surface area contributed by atoms with Crippen LogP contribution in [0.15, 0.2) is 0 Å². The van der Waals surface area contributed by atoms with Gasteiger partial charge in [0.1, 0.15) is 30.5 Å². The highest BCUT2D eigenvalue weighted by Crippen LogP contribution is 2.23. The highest BCUT2D eigenvalue weighted by molar-refractivity contribution is 5.80. The van der Waals surface area contributed by atoms with Gasteiger partial charge < -0.3 is 45.4 Å². The first-order valence-electron chi connectivity index (χ1n) is 25.3. The Balaban J connectivity index is 2.33. The zero-order chi connectivity index (χ0) is 43.2. The van der Waals surface area contributed by atoms with E-state index in [0.29, 0.717) is 12.8 Å². The molecule has 0 bridgehead atoms. The Morgan fingerprint density at radius 2 is 0.847 bits per heavy atom. The lowest BCUT2D eigenvalue weighted by molar-refractivity contribution is -0.302. The van der Waals surface area contributed by atoms with Crippen LogP contribution in [-0.2, 0) is 14.3 Å². The molecule has 1 aliphatic rings. The van der Waals surface area contributed by atoms with Crippen LogP contribution < -0.4 is 5.32 Å². The number of carbonyl (C=O) groups excluding carboxylic acids is 1. The maximum absolute atomic E-state index is 13.1. The van der Waals surface area contributed by atoms with Crippen LogP contribution in [0.1, 0.15) is 245 Å². The van der Waals surface area contributed by atoms with Crippen molar-refractivity contribution >= 4 is 5.91 Å². The molecule has 0 aliphatic carbocycles. The quantitative estimate of drug-likeness (QED) is 0.0296. The third-order valence-electron chi connectivity index (χ3n) is 12.6. The molecular formula is C49H97NO9. The molecule has 1 aliphatic heterocycles. The van der Waals surface area contributed by atoms with Crippen molar-refractivity contribution in [2.45, 2.75) is 294 Å². The highest BCUT2D eigenvalue weighted by atomic mass is 16.7. The standard InChI is InChI=1S/C49H97NO9/c1-3-5-7-9-11-13-15-17-19-21-23-25-27-29-31-33-35-37-42(52)41(40-58-49-47(56)46(55)45(54)44(39-51)59-49)50-48(57)43(53)38-36-34-32-30-28-26-24-22-20-18-16-14-12-10-8-6-4-2/h41-47,49,51-56H,3-40H2,1-2H3,(H,50,57). The van der Waals surface area contributed by atoms with Gasteiger partial charge in [-0.1, -0.05) is 232 Å². The first kappa shape index (κ1) is 56.2. The molecule has 0 aromatic rings. The molecule has 1 saturated heterocycles. The van der Waals surface area contributed by atoms with Crippen LogP contribution in [0.4, 0.5) is 0 Å². The number of amides is 1. The summed E-state index contributed by atoms with van der Waals surface area (Å²) in [5.41, 5.74) is 0. The van der Waals surface area contributed by atoms with E-state index >= 15 is 0 Å². The predicted octanol–water partition coefficient (Wildman–Crippen LogP) is 10.1. The molecule has 0 spiro atoms. The Bertz CT molecular complexity index is 911. The van der Waals surface area contributed by atoms with Crippen molar-refractivity contribution in [1.82, 2.24) is 5.32 Å². The third kappa shape index (κ3) is 30.0. The topological polar surface area (TPSA) is 169 Å². The molecule has 7 N–H and O–H groups in total. The van der Waals surface area contributed by atoms with Gasteiger partial charge >= 0.3 is 0 Å². The average molecular weight is 844 g/mol. The van der Waals surface area contributed by atoms with Crippen LogP contribution in [-0.4, -0.2) is 98.7 Å². The molecule has 1 amide bonds. The fourth-order valence-corrected chi connectivity index (χ4v) is 8.40. The summed E-state index contributed by atoms with van der Waals surface area (Å²) in [4.78, 5) is 13.1. The van der Waals surface area contributed by atoms with E-state index in [0.717, 1.165) is 38.5 Å². The number of aliphatic hydroxyl groups excluding tert-OH is 6. The molecule has 10 heteroatoms. The van der Waals surface area contributed by atoms with Crippen molar-refractivity contribution in [3.63, 3.8) is 0 Å². The van der Waals surface area contributed by atoms with Crippen molar-refractivity contribution < 1.29 is 44.9 Å². The monoisotopic (exact) mass is 844 g/mol. The van der Waals surface area contributed by atoms with Crippen LogP contribution in [0.25, 0.3) is 0 Å². The second-order valence-electron chi connectivity index (χ2n) is 18.1. The maximum Gasteiger partial charge on any atom is 0.249 e. The Kier molecular flexibility index (Phi) is 38.0. The van der Waals surface area contributed by atoms with E-state index < -0.39 is 61.5 Å². The van der Waals surface area contributed by atoms with Crippen molar-refractivity contribution in [3.05, 3.63) is 0 Å². The SMILES string of the molecule is CCCCCCCCCCCCCCCCCCCC(O)C(=O)NC(COC1OC(CO)C(O)C(O)C1O)C(O)CCCCCCCCCCCCCCCCCCC. The average Bonchev–Trinajstić information content (AvgIpc) is 3.23. The third-order valence-corrected chi connectivity index (χ3v) is 12.6. The first-order valence-corrected chi connectivity index (χ1v) is 25.3. The van der Waals surface area contributed by atoms with E-state index in [2.05, 4.69) is 19.2 Å². The van der Waals surface area contributed by atoms with Gasteiger partial charge in [-0.15, -0.1) is 0 Å². The minimum atomic E-state index is -1.59. The predicted molar refractivity (Wildman–Crippen MR) is 241 cm³/mol. The van der Waals surface area contributed by atoms with Gasteiger partial charge in [0.15, 0.2) is 6.29 Å². The molecule has 8 atom stereocenters. The summed E-state index contributed by atoms with van der Waals surface area (Å²) in [6.45, 7) is 3.70. The summed E-state index contributed by atoms with van der Waals surface area (Å²) >= 11 is 0. The van der Waals surface area contributed by atoms with Gasteiger partial charge in [-0.3, -0.25) is 4.79 Å². The molecule has 352 valence electrons. The van der Waals surface area contributed by atoms with Gasteiger partial charge in [-0.25, -0.2) is 0 Å². The Labute approximate surface area is 362 Å². The molecule has 0 aromatic heterocycles. The number of carbonyl (C=O) groups is 1. The van der Waals surface area contributed by atoms with Gasteiger partial charge in [0.2, 0.25) is 5.91 Å². The lowest BCUT2D eigenvalue weighted by Crippen LogP contribution is -2.60. The van der Waals surface area contributed by atoms with Crippen LogP contribution >= 0.6 is 0 Å². The largest absolute Gasteiger partial charge is 0.394 e. The molecule has 0 saturated carbocycles. The van der Waals surface area contributed by atoms with E-state index in [9.17, 15) is 35.4 Å². The summed E-state index contributed by atoms with van der Waals surface area (Å²) in [6.07, 6.45) is 34.3. The second kappa shape index (κ2) is 40.0. The molecule has 1 fully saturated rings. The fourth-order valence-electron chi connectivity index (χ4n) is 8.40. The molecular weight excluding hydrogens is 747 g/mol. The zero-order valence-electron chi connectivity index (χ0n) is 38.4. The van der Waals surface area contributed by atoms with E-state index in [4.69, 9.17) is 9.47 Å². The minimum Gasteiger partial charge on any atom is -0.394 e. The fraction of sp³-hybridized carbons (Fsp3) is 0.980. The van der Waals surface area contributed by atoms with Gasteiger partial charge in [0.25, 0.3) is 0 Å².